The van der Waals surface area contributed by atoms with E-state index in [0.717, 1.165) is 11.3 Å². The van der Waals surface area contributed by atoms with E-state index in [1.54, 1.807) is 19.4 Å². The van der Waals surface area contributed by atoms with Gasteiger partial charge in [-0.25, -0.2) is 0 Å². The Labute approximate surface area is 123 Å². The second-order valence-corrected chi connectivity index (χ2v) is 4.99. The molecule has 5 heteroatoms. The number of aromatic nitrogens is 1. The molecule has 2 N–H and O–H groups in total. The van der Waals surface area contributed by atoms with E-state index >= 15 is 0 Å². The lowest BCUT2D eigenvalue weighted by Gasteiger charge is -2.10. The van der Waals surface area contributed by atoms with Gasteiger partial charge in [0.1, 0.15) is 11.4 Å². The molecule has 0 aliphatic rings. The quantitative estimate of drug-likeness (QED) is 0.890. The van der Waals surface area contributed by atoms with Crippen LogP contribution in [0.5, 0.6) is 5.75 Å². The summed E-state index contributed by atoms with van der Waals surface area (Å²) in [4.78, 5) is 14.7. The molecule has 0 spiro atoms. The van der Waals surface area contributed by atoms with E-state index in [1.165, 1.54) is 5.56 Å². The molecule has 0 atom stereocenters. The fourth-order valence-electron chi connectivity index (χ4n) is 2.01. The zero-order valence-corrected chi connectivity index (χ0v) is 12.3. The third kappa shape index (κ3) is 3.54. The van der Waals surface area contributed by atoms with Crippen molar-refractivity contribution >= 4 is 17.5 Å². The minimum absolute atomic E-state index is 0.163. The normalized spacial score (nSPS) is 10.3. The number of carbonyl (C=O) groups excluding carboxylic acids is 1. The fourth-order valence-corrected chi connectivity index (χ4v) is 2.17. The number of carbonyl (C=O) groups is 1. The van der Waals surface area contributed by atoms with E-state index in [4.69, 9.17) is 16.3 Å². The predicted molar refractivity (Wildman–Crippen MR) is 79.6 cm³/mol. The molecule has 1 aromatic heterocycles. The Morgan fingerprint density at radius 3 is 2.85 bits per heavy atom. The van der Waals surface area contributed by atoms with Crippen molar-refractivity contribution in [1.29, 1.82) is 0 Å². The molecule has 2 aromatic rings. The van der Waals surface area contributed by atoms with E-state index in [0.29, 0.717) is 23.7 Å². The standard InChI is InChI=1S/C15H17ClN2O2/c1-10-3-4-14(20-2)11(7-10)5-6-17-15(19)13-8-12(16)9-18-13/h3-4,7-9,18H,5-6H2,1-2H3,(H,17,19). The topological polar surface area (TPSA) is 54.1 Å². The SMILES string of the molecule is COc1ccc(C)cc1CCNC(=O)c1cc(Cl)c[nH]1. The molecule has 20 heavy (non-hydrogen) atoms. The van der Waals surface area contributed by atoms with E-state index in [2.05, 4.69) is 16.4 Å². The maximum absolute atomic E-state index is 11.8. The molecule has 0 aliphatic carbocycles. The molecular weight excluding hydrogens is 276 g/mol. The first-order valence-electron chi connectivity index (χ1n) is 6.36. The van der Waals surface area contributed by atoms with Gasteiger partial charge in [0.05, 0.1) is 12.1 Å². The Balaban J connectivity index is 1.93. The molecule has 0 bridgehead atoms. The Morgan fingerprint density at radius 2 is 2.20 bits per heavy atom. The summed E-state index contributed by atoms with van der Waals surface area (Å²) in [6, 6.07) is 7.61. The van der Waals surface area contributed by atoms with Crippen LogP contribution in [0.15, 0.2) is 30.5 Å². The fraction of sp³-hybridized carbons (Fsp3) is 0.267. The summed E-state index contributed by atoms with van der Waals surface area (Å²) in [7, 11) is 1.65. The molecule has 0 fully saturated rings. The highest BCUT2D eigenvalue weighted by Gasteiger charge is 2.08. The van der Waals surface area contributed by atoms with Gasteiger partial charge in [-0.3, -0.25) is 4.79 Å². The van der Waals surface area contributed by atoms with Crippen LogP contribution in [0.4, 0.5) is 0 Å². The van der Waals surface area contributed by atoms with Crippen LogP contribution in [0, 0.1) is 6.92 Å². The zero-order chi connectivity index (χ0) is 14.5. The number of hydrogen-bond acceptors (Lipinski definition) is 2. The number of H-pyrrole nitrogens is 1. The Morgan fingerprint density at radius 1 is 1.40 bits per heavy atom. The molecule has 0 saturated heterocycles. The first-order chi connectivity index (χ1) is 9.60. The van der Waals surface area contributed by atoms with E-state index < -0.39 is 0 Å². The number of methoxy groups -OCH3 is 1. The van der Waals surface area contributed by atoms with Crippen LogP contribution in [0.3, 0.4) is 0 Å². The minimum atomic E-state index is -0.163. The summed E-state index contributed by atoms with van der Waals surface area (Å²) in [5.41, 5.74) is 2.71. The third-order valence-electron chi connectivity index (χ3n) is 3.01. The van der Waals surface area contributed by atoms with Crippen molar-refractivity contribution in [2.75, 3.05) is 13.7 Å². The number of ether oxygens (including phenoxy) is 1. The molecule has 2 rings (SSSR count). The molecule has 1 heterocycles. The summed E-state index contributed by atoms with van der Waals surface area (Å²) >= 11 is 5.76. The van der Waals surface area contributed by atoms with Crippen LogP contribution < -0.4 is 10.1 Å². The molecule has 1 aromatic carbocycles. The van der Waals surface area contributed by atoms with Crippen molar-refractivity contribution < 1.29 is 9.53 Å². The first kappa shape index (κ1) is 14.5. The van der Waals surface area contributed by atoms with Crippen LogP contribution >= 0.6 is 11.6 Å². The number of aryl methyl sites for hydroxylation is 1. The molecule has 1 amide bonds. The van der Waals surface area contributed by atoms with Gasteiger partial charge in [-0.05, 0) is 31.0 Å². The third-order valence-corrected chi connectivity index (χ3v) is 3.23. The van der Waals surface area contributed by atoms with Gasteiger partial charge in [-0.15, -0.1) is 0 Å². The van der Waals surface area contributed by atoms with E-state index in [9.17, 15) is 4.79 Å². The monoisotopic (exact) mass is 292 g/mol. The van der Waals surface area contributed by atoms with Crippen molar-refractivity contribution in [1.82, 2.24) is 10.3 Å². The number of halogens is 1. The second-order valence-electron chi connectivity index (χ2n) is 4.55. The maximum atomic E-state index is 11.8. The second kappa shape index (κ2) is 6.48. The van der Waals surface area contributed by atoms with Gasteiger partial charge in [0.25, 0.3) is 5.91 Å². The van der Waals surface area contributed by atoms with Crippen LogP contribution in [0.1, 0.15) is 21.6 Å². The van der Waals surface area contributed by atoms with Crippen molar-refractivity contribution in [3.8, 4) is 5.75 Å². The van der Waals surface area contributed by atoms with Gasteiger partial charge in [-0.1, -0.05) is 29.3 Å². The smallest absolute Gasteiger partial charge is 0.267 e. The lowest BCUT2D eigenvalue weighted by atomic mass is 10.1. The van der Waals surface area contributed by atoms with Crippen molar-refractivity contribution in [3.05, 3.63) is 52.3 Å². The van der Waals surface area contributed by atoms with Gasteiger partial charge in [0.15, 0.2) is 0 Å². The average Bonchev–Trinajstić information content (AvgIpc) is 2.86. The molecule has 0 unspecified atom stereocenters. The number of amides is 1. The summed E-state index contributed by atoms with van der Waals surface area (Å²) in [6.45, 7) is 2.57. The number of nitrogens with one attached hydrogen (secondary N) is 2. The molecule has 4 nitrogen and oxygen atoms in total. The maximum Gasteiger partial charge on any atom is 0.267 e. The van der Waals surface area contributed by atoms with E-state index in [1.807, 2.05) is 19.1 Å². The molecular formula is C15H17ClN2O2. The zero-order valence-electron chi connectivity index (χ0n) is 11.5. The van der Waals surface area contributed by atoms with Crippen LogP contribution in [-0.2, 0) is 6.42 Å². The lowest BCUT2D eigenvalue weighted by Crippen LogP contribution is -2.26. The number of aromatic amines is 1. The van der Waals surface area contributed by atoms with Crippen molar-refractivity contribution in [2.24, 2.45) is 0 Å². The Bertz CT molecular complexity index is 608. The van der Waals surface area contributed by atoms with Gasteiger partial charge in [0, 0.05) is 12.7 Å². The van der Waals surface area contributed by atoms with Gasteiger partial charge >= 0.3 is 0 Å². The highest BCUT2D eigenvalue weighted by Crippen LogP contribution is 2.19. The summed E-state index contributed by atoms with van der Waals surface area (Å²) in [6.07, 6.45) is 2.30. The van der Waals surface area contributed by atoms with Gasteiger partial charge in [0.2, 0.25) is 0 Å². The molecule has 106 valence electrons. The van der Waals surface area contributed by atoms with E-state index in [-0.39, 0.29) is 5.91 Å². The largest absolute Gasteiger partial charge is 0.496 e. The highest BCUT2D eigenvalue weighted by molar-refractivity contribution is 6.30. The number of benzene rings is 1. The predicted octanol–water partition coefficient (Wildman–Crippen LogP) is 2.96. The first-order valence-corrected chi connectivity index (χ1v) is 6.73. The summed E-state index contributed by atoms with van der Waals surface area (Å²) in [5, 5.41) is 3.37. The number of rotatable bonds is 5. The van der Waals surface area contributed by atoms with Gasteiger partial charge < -0.3 is 15.0 Å². The summed E-state index contributed by atoms with van der Waals surface area (Å²) in [5.74, 6) is 0.677. The van der Waals surface area contributed by atoms with Crippen LogP contribution in [-0.4, -0.2) is 24.5 Å². The Kier molecular flexibility index (Phi) is 4.69. The Hall–Kier alpha value is -1.94. The molecule has 0 radical (unpaired) electrons. The van der Waals surface area contributed by atoms with Crippen molar-refractivity contribution in [2.45, 2.75) is 13.3 Å². The minimum Gasteiger partial charge on any atom is -0.496 e. The molecule has 0 saturated carbocycles. The summed E-state index contributed by atoms with van der Waals surface area (Å²) < 4.78 is 5.31. The highest BCUT2D eigenvalue weighted by atomic mass is 35.5. The van der Waals surface area contributed by atoms with Crippen molar-refractivity contribution in [3.63, 3.8) is 0 Å². The molecule has 0 aliphatic heterocycles. The average molecular weight is 293 g/mol. The number of hydrogen-bond donors (Lipinski definition) is 2. The van der Waals surface area contributed by atoms with Crippen LogP contribution in [0.2, 0.25) is 5.02 Å². The van der Waals surface area contributed by atoms with Crippen LogP contribution in [0.25, 0.3) is 0 Å². The van der Waals surface area contributed by atoms with Gasteiger partial charge in [-0.2, -0.15) is 0 Å². The lowest BCUT2D eigenvalue weighted by molar-refractivity contribution is 0.0949.